The third-order valence-corrected chi connectivity index (χ3v) is 5.42. The fourth-order valence-corrected chi connectivity index (χ4v) is 3.14. The number of halogens is 2. The van der Waals surface area contributed by atoms with Gasteiger partial charge in [0.15, 0.2) is 0 Å². The summed E-state index contributed by atoms with van der Waals surface area (Å²) < 4.78 is 10.3. The molecule has 0 heterocycles. The molecule has 0 saturated heterocycles. The first-order valence-electron chi connectivity index (χ1n) is 8.74. The molecule has 6 nitrogen and oxygen atoms in total. The predicted octanol–water partition coefficient (Wildman–Crippen LogP) is 4.46. The van der Waals surface area contributed by atoms with Crippen LogP contribution in [0.15, 0.2) is 48.5 Å². The van der Waals surface area contributed by atoms with Crippen molar-refractivity contribution in [3.8, 4) is 11.5 Å². The van der Waals surface area contributed by atoms with Gasteiger partial charge in [0.05, 0.1) is 0 Å². The Labute approximate surface area is 185 Å². The van der Waals surface area contributed by atoms with Gasteiger partial charge in [-0.25, -0.2) is 0 Å². The molecule has 0 saturated carbocycles. The maximum atomic E-state index is 11.4. The number of ether oxygens (including phenoxy) is 2. The minimum Gasteiger partial charge on any atom is -0.481 e. The van der Waals surface area contributed by atoms with Gasteiger partial charge >= 0.3 is 17.9 Å². The lowest BCUT2D eigenvalue weighted by molar-refractivity contribution is -0.137. The molecule has 154 valence electrons. The number of hydrogen-bond acceptors (Lipinski definition) is 5. The number of rotatable bonds is 9. The molecular weight excluding hydrogens is 508 g/mol. The van der Waals surface area contributed by atoms with Crippen LogP contribution in [0, 0.1) is 0 Å². The molecule has 0 aliphatic heterocycles. The van der Waals surface area contributed by atoms with Gasteiger partial charge in [0, 0.05) is 11.8 Å². The summed E-state index contributed by atoms with van der Waals surface area (Å²) in [5, 5.41) is 9.38. The van der Waals surface area contributed by atoms with E-state index in [1.54, 1.807) is 24.3 Å². The van der Waals surface area contributed by atoms with E-state index in [1.165, 1.54) is 0 Å². The molecule has 29 heavy (non-hydrogen) atoms. The summed E-state index contributed by atoms with van der Waals surface area (Å²) in [4.78, 5) is 34.0. The third kappa shape index (κ3) is 6.40. The van der Waals surface area contributed by atoms with Crippen molar-refractivity contribution in [1.82, 2.24) is 0 Å². The number of carboxylic acid groups (broad SMARTS) is 1. The third-order valence-electron chi connectivity index (χ3n) is 4.50. The number of carbonyl (C=O) groups excluding carboxylic acids is 2. The van der Waals surface area contributed by atoms with Gasteiger partial charge in [-0.2, -0.15) is 0 Å². The Kier molecular flexibility index (Phi) is 8.40. The van der Waals surface area contributed by atoms with E-state index in [4.69, 9.17) is 9.47 Å². The molecule has 1 N–H and O–H groups in total. The molecule has 0 radical (unpaired) electrons. The number of hydrogen-bond donors (Lipinski definition) is 1. The van der Waals surface area contributed by atoms with Crippen LogP contribution in [0.3, 0.4) is 0 Å². The van der Waals surface area contributed by atoms with E-state index in [1.807, 2.05) is 31.2 Å². The maximum Gasteiger partial charge on any atom is 0.321 e. The van der Waals surface area contributed by atoms with Crippen LogP contribution in [-0.4, -0.2) is 33.7 Å². The van der Waals surface area contributed by atoms with E-state index in [-0.39, 0.29) is 17.1 Å². The standard InChI is InChI=1S/C21H20Br2O6/c1-21(11-10-18(24)25,14-2-6-16(7-3-14)28-19(26)12-22)15-4-8-17(9-5-15)29-20(27)13-23/h2-9H,10-13H2,1H3,(H,24,25). The summed E-state index contributed by atoms with van der Waals surface area (Å²) in [6.45, 7) is 1.95. The minimum absolute atomic E-state index is 0.0167. The monoisotopic (exact) mass is 526 g/mol. The highest BCUT2D eigenvalue weighted by Crippen LogP contribution is 2.38. The molecule has 0 bridgehead atoms. The number of alkyl halides is 2. The molecule has 0 aliphatic carbocycles. The average Bonchev–Trinajstić information content (AvgIpc) is 2.72. The summed E-state index contributed by atoms with van der Waals surface area (Å²) in [6, 6.07) is 14.0. The maximum absolute atomic E-state index is 11.4. The highest BCUT2D eigenvalue weighted by Gasteiger charge is 2.30. The van der Waals surface area contributed by atoms with Crippen LogP contribution >= 0.6 is 31.9 Å². The summed E-state index contributed by atoms with van der Waals surface area (Å²) in [7, 11) is 0. The number of carbonyl (C=O) groups is 3. The second-order valence-electron chi connectivity index (χ2n) is 6.49. The Hall–Kier alpha value is -2.19. The fourth-order valence-electron chi connectivity index (χ4n) is 2.91. The van der Waals surface area contributed by atoms with E-state index < -0.39 is 23.3 Å². The van der Waals surface area contributed by atoms with Gasteiger partial charge in [-0.3, -0.25) is 14.4 Å². The molecule has 8 heteroatoms. The number of esters is 2. The molecule has 2 rings (SSSR count). The van der Waals surface area contributed by atoms with Gasteiger partial charge in [0.25, 0.3) is 0 Å². The second kappa shape index (κ2) is 10.5. The van der Waals surface area contributed by atoms with E-state index in [0.29, 0.717) is 17.9 Å². The van der Waals surface area contributed by atoms with Gasteiger partial charge < -0.3 is 14.6 Å². The summed E-state index contributed by atoms with van der Waals surface area (Å²) >= 11 is 6.09. The molecule has 2 aromatic carbocycles. The molecule has 0 aliphatic rings. The second-order valence-corrected chi connectivity index (χ2v) is 7.61. The highest BCUT2D eigenvalue weighted by atomic mass is 79.9. The van der Waals surface area contributed by atoms with Crippen molar-refractivity contribution >= 4 is 49.8 Å². The van der Waals surface area contributed by atoms with Gasteiger partial charge in [-0.15, -0.1) is 0 Å². The highest BCUT2D eigenvalue weighted by molar-refractivity contribution is 9.09. The number of aliphatic carboxylic acids is 1. The molecule has 0 atom stereocenters. The summed E-state index contributed by atoms with van der Waals surface area (Å²) in [5.74, 6) is -0.867. The average molecular weight is 528 g/mol. The molecular formula is C21H20Br2O6. The zero-order valence-corrected chi connectivity index (χ0v) is 18.9. The fraction of sp³-hybridized carbons (Fsp3) is 0.286. The molecule has 0 amide bonds. The number of benzene rings is 2. The van der Waals surface area contributed by atoms with Crippen molar-refractivity contribution in [2.24, 2.45) is 0 Å². The Morgan fingerprint density at radius 3 is 1.52 bits per heavy atom. The van der Waals surface area contributed by atoms with Crippen LogP contribution in [-0.2, 0) is 19.8 Å². The summed E-state index contributed by atoms with van der Waals surface area (Å²) in [5.41, 5.74) is 1.15. The van der Waals surface area contributed by atoms with Crippen LogP contribution in [0.25, 0.3) is 0 Å². The Bertz CT molecular complexity index is 800. The topological polar surface area (TPSA) is 89.9 Å². The zero-order chi connectivity index (χ0) is 21.4. The van der Waals surface area contributed by atoms with Crippen molar-refractivity contribution in [2.75, 3.05) is 10.7 Å². The normalized spacial score (nSPS) is 11.0. The molecule has 0 unspecified atom stereocenters. The van der Waals surface area contributed by atoms with Crippen LogP contribution in [0.5, 0.6) is 11.5 Å². The van der Waals surface area contributed by atoms with E-state index in [0.717, 1.165) is 11.1 Å². The first-order chi connectivity index (χ1) is 13.8. The number of carboxylic acids is 1. The lowest BCUT2D eigenvalue weighted by atomic mass is 9.73. The van der Waals surface area contributed by atoms with Gasteiger partial charge in [0.1, 0.15) is 22.2 Å². The smallest absolute Gasteiger partial charge is 0.321 e. The first-order valence-corrected chi connectivity index (χ1v) is 11.0. The zero-order valence-electron chi connectivity index (χ0n) is 15.7. The van der Waals surface area contributed by atoms with Crippen molar-refractivity contribution in [2.45, 2.75) is 25.2 Å². The molecule has 0 spiro atoms. The Balaban J connectivity index is 2.33. The van der Waals surface area contributed by atoms with Crippen molar-refractivity contribution in [1.29, 1.82) is 0 Å². The van der Waals surface area contributed by atoms with Gasteiger partial charge in [-0.1, -0.05) is 63.0 Å². The SMILES string of the molecule is CC(CCC(=O)O)(c1ccc(OC(=O)CBr)cc1)c1ccc(OC(=O)CBr)cc1. The van der Waals surface area contributed by atoms with Crippen LogP contribution in [0.4, 0.5) is 0 Å². The molecule has 0 aromatic heterocycles. The van der Waals surface area contributed by atoms with Crippen LogP contribution in [0.1, 0.15) is 30.9 Å². The molecule has 2 aromatic rings. The largest absolute Gasteiger partial charge is 0.481 e. The van der Waals surface area contributed by atoms with Crippen LogP contribution < -0.4 is 9.47 Å². The Morgan fingerprint density at radius 1 is 0.828 bits per heavy atom. The lowest BCUT2D eigenvalue weighted by Crippen LogP contribution is -2.25. The van der Waals surface area contributed by atoms with Crippen molar-refractivity contribution in [3.63, 3.8) is 0 Å². The van der Waals surface area contributed by atoms with Crippen molar-refractivity contribution < 1.29 is 29.0 Å². The van der Waals surface area contributed by atoms with Gasteiger partial charge in [-0.05, 0) is 41.8 Å². The van der Waals surface area contributed by atoms with Crippen molar-refractivity contribution in [3.05, 3.63) is 59.7 Å². The summed E-state index contributed by atoms with van der Waals surface area (Å²) in [6.07, 6.45) is 0.348. The Morgan fingerprint density at radius 2 is 1.21 bits per heavy atom. The quantitative estimate of drug-likeness (QED) is 0.294. The van der Waals surface area contributed by atoms with E-state index >= 15 is 0 Å². The van der Waals surface area contributed by atoms with E-state index in [9.17, 15) is 19.5 Å². The van der Waals surface area contributed by atoms with E-state index in [2.05, 4.69) is 31.9 Å². The molecule has 0 fully saturated rings. The lowest BCUT2D eigenvalue weighted by Gasteiger charge is -2.31. The first kappa shape index (κ1) is 23.1. The predicted molar refractivity (Wildman–Crippen MR) is 115 cm³/mol. The van der Waals surface area contributed by atoms with Gasteiger partial charge in [0.2, 0.25) is 0 Å². The minimum atomic E-state index is -0.887. The van der Waals surface area contributed by atoms with Crippen LogP contribution in [0.2, 0.25) is 0 Å².